The summed E-state index contributed by atoms with van der Waals surface area (Å²) in [6, 6.07) is 24.4. The highest BCUT2D eigenvalue weighted by molar-refractivity contribution is 5.78. The quantitative estimate of drug-likeness (QED) is 0.508. The van der Waals surface area contributed by atoms with Crippen LogP contribution < -0.4 is 4.90 Å². The minimum absolute atomic E-state index is 0.729. The number of aryl methyl sites for hydroxylation is 2. The number of nitrogens with zero attached hydrogens (tertiary/aromatic N) is 1. The van der Waals surface area contributed by atoms with Gasteiger partial charge in [-0.25, -0.2) is 0 Å². The van der Waals surface area contributed by atoms with Gasteiger partial charge in [-0.05, 0) is 91.3 Å². The molecule has 1 atom stereocenters. The van der Waals surface area contributed by atoms with Gasteiger partial charge >= 0.3 is 0 Å². The van der Waals surface area contributed by atoms with Gasteiger partial charge in [0.25, 0.3) is 0 Å². The number of rotatable bonds is 4. The van der Waals surface area contributed by atoms with Crippen LogP contribution in [0.1, 0.15) is 41.5 Å². The lowest BCUT2D eigenvalue weighted by Gasteiger charge is -2.33. The predicted octanol–water partition coefficient (Wildman–Crippen LogP) is 6.82. The van der Waals surface area contributed by atoms with Crippen LogP contribution >= 0.6 is 0 Å². The van der Waals surface area contributed by atoms with E-state index in [1.807, 2.05) is 0 Å². The van der Waals surface area contributed by atoms with Gasteiger partial charge in [-0.2, -0.15) is 0 Å². The Kier molecular flexibility index (Phi) is 4.09. The molecule has 1 heteroatoms. The van der Waals surface area contributed by atoms with E-state index in [9.17, 15) is 0 Å². The minimum atomic E-state index is 0.729. The largest absolute Gasteiger partial charge is 0.310 e. The molecular formula is C24H25N. The summed E-state index contributed by atoms with van der Waals surface area (Å²) in [4.78, 5) is 2.37. The fourth-order valence-corrected chi connectivity index (χ4v) is 3.78. The first kappa shape index (κ1) is 16.0. The molecule has 0 fully saturated rings. The molecule has 1 aliphatic carbocycles. The van der Waals surface area contributed by atoms with Crippen molar-refractivity contribution in [3.63, 3.8) is 0 Å². The molecule has 0 radical (unpaired) electrons. The van der Waals surface area contributed by atoms with Crippen LogP contribution in [-0.2, 0) is 6.42 Å². The summed E-state index contributed by atoms with van der Waals surface area (Å²) in [5.41, 5.74) is 9.40. The fourth-order valence-electron chi connectivity index (χ4n) is 3.78. The van der Waals surface area contributed by atoms with Crippen molar-refractivity contribution in [2.45, 2.75) is 39.5 Å². The lowest BCUT2D eigenvalue weighted by atomic mass is 9.76. The fraction of sp³-hybridized carbons (Fsp3) is 0.250. The summed E-state index contributed by atoms with van der Waals surface area (Å²) in [7, 11) is 0. The maximum absolute atomic E-state index is 2.40. The van der Waals surface area contributed by atoms with E-state index >= 15 is 0 Å². The third-order valence-corrected chi connectivity index (χ3v) is 5.55. The summed E-state index contributed by atoms with van der Waals surface area (Å²) < 4.78 is 0. The van der Waals surface area contributed by atoms with E-state index in [4.69, 9.17) is 0 Å². The Morgan fingerprint density at radius 2 is 1.52 bits per heavy atom. The van der Waals surface area contributed by atoms with Crippen molar-refractivity contribution in [2.24, 2.45) is 0 Å². The van der Waals surface area contributed by atoms with Crippen molar-refractivity contribution in [3.05, 3.63) is 89.0 Å². The monoisotopic (exact) mass is 327 g/mol. The standard InChI is InChI=1S/C24H25N/c1-4-19-15-20-11-13-23(16-24(19)20)25(21-8-6-5-7-9-21)22-12-10-17(2)18(3)14-22/h5-14,16,19H,4,15H2,1-3H3. The van der Waals surface area contributed by atoms with Crippen molar-refractivity contribution in [1.29, 1.82) is 0 Å². The van der Waals surface area contributed by atoms with Gasteiger partial charge in [0.05, 0.1) is 0 Å². The molecule has 0 saturated heterocycles. The van der Waals surface area contributed by atoms with Gasteiger partial charge in [-0.1, -0.05) is 37.3 Å². The number of hydrogen-bond acceptors (Lipinski definition) is 1. The van der Waals surface area contributed by atoms with E-state index in [-0.39, 0.29) is 0 Å². The van der Waals surface area contributed by atoms with Crippen LogP contribution in [0, 0.1) is 13.8 Å². The van der Waals surface area contributed by atoms with E-state index < -0.39 is 0 Å². The molecule has 25 heavy (non-hydrogen) atoms. The summed E-state index contributed by atoms with van der Waals surface area (Å²) in [6.45, 7) is 6.65. The maximum atomic E-state index is 2.40. The molecule has 0 bridgehead atoms. The first-order valence-corrected chi connectivity index (χ1v) is 9.22. The van der Waals surface area contributed by atoms with E-state index in [0.717, 1.165) is 5.92 Å². The second-order valence-corrected chi connectivity index (χ2v) is 7.13. The molecule has 1 aliphatic rings. The molecule has 0 aliphatic heterocycles. The van der Waals surface area contributed by atoms with Gasteiger partial charge in [0, 0.05) is 17.1 Å². The van der Waals surface area contributed by atoms with Crippen LogP contribution in [0.4, 0.5) is 17.1 Å². The Bertz CT molecular complexity index is 895. The Morgan fingerprint density at radius 3 is 2.24 bits per heavy atom. The van der Waals surface area contributed by atoms with Crippen molar-refractivity contribution in [2.75, 3.05) is 4.90 Å². The van der Waals surface area contributed by atoms with Crippen LogP contribution in [0.15, 0.2) is 66.7 Å². The Labute approximate surface area is 150 Å². The average Bonchev–Trinajstić information content (AvgIpc) is 2.61. The zero-order chi connectivity index (χ0) is 17.4. The highest BCUT2D eigenvalue weighted by atomic mass is 15.1. The highest BCUT2D eigenvalue weighted by Gasteiger charge is 2.25. The maximum Gasteiger partial charge on any atom is 0.0464 e. The smallest absolute Gasteiger partial charge is 0.0464 e. The molecular weight excluding hydrogens is 302 g/mol. The first-order valence-electron chi connectivity index (χ1n) is 9.22. The van der Waals surface area contributed by atoms with Crippen molar-refractivity contribution in [3.8, 4) is 0 Å². The Hall–Kier alpha value is -2.54. The number of fused-ring (bicyclic) bond motifs is 1. The van der Waals surface area contributed by atoms with Gasteiger partial charge in [-0.3, -0.25) is 0 Å². The average molecular weight is 327 g/mol. The summed E-state index contributed by atoms with van der Waals surface area (Å²) >= 11 is 0. The summed E-state index contributed by atoms with van der Waals surface area (Å²) in [5.74, 6) is 0.729. The molecule has 126 valence electrons. The van der Waals surface area contributed by atoms with E-state index in [1.54, 1.807) is 0 Å². The molecule has 1 unspecified atom stereocenters. The van der Waals surface area contributed by atoms with E-state index in [1.165, 1.54) is 52.2 Å². The van der Waals surface area contributed by atoms with Crippen LogP contribution in [0.25, 0.3) is 0 Å². The zero-order valence-corrected chi connectivity index (χ0v) is 15.3. The van der Waals surface area contributed by atoms with E-state index in [2.05, 4.69) is 92.4 Å². The second kappa shape index (κ2) is 6.40. The Balaban J connectivity index is 1.84. The van der Waals surface area contributed by atoms with Crippen LogP contribution in [-0.4, -0.2) is 0 Å². The molecule has 0 heterocycles. The SMILES string of the molecule is CCC1Cc2ccc(N(c3ccccc3)c3ccc(C)c(C)c3)cc21. The normalized spacial score (nSPS) is 15.4. The van der Waals surface area contributed by atoms with Crippen molar-refractivity contribution in [1.82, 2.24) is 0 Å². The van der Waals surface area contributed by atoms with Crippen LogP contribution in [0.2, 0.25) is 0 Å². The third-order valence-electron chi connectivity index (χ3n) is 5.55. The molecule has 0 spiro atoms. The van der Waals surface area contributed by atoms with Crippen LogP contribution in [0.5, 0.6) is 0 Å². The first-order chi connectivity index (χ1) is 12.2. The van der Waals surface area contributed by atoms with Gasteiger partial charge in [0.2, 0.25) is 0 Å². The number of hydrogen-bond donors (Lipinski definition) is 0. The molecule has 0 aromatic heterocycles. The van der Waals surface area contributed by atoms with Gasteiger partial charge < -0.3 is 4.90 Å². The van der Waals surface area contributed by atoms with Crippen LogP contribution in [0.3, 0.4) is 0 Å². The number of benzene rings is 3. The minimum Gasteiger partial charge on any atom is -0.310 e. The van der Waals surface area contributed by atoms with E-state index in [0.29, 0.717) is 0 Å². The molecule has 0 N–H and O–H groups in total. The molecule has 1 nitrogen and oxygen atoms in total. The topological polar surface area (TPSA) is 3.24 Å². The van der Waals surface area contributed by atoms with Crippen molar-refractivity contribution < 1.29 is 0 Å². The van der Waals surface area contributed by atoms with Gasteiger partial charge in [0.15, 0.2) is 0 Å². The third kappa shape index (κ3) is 2.84. The summed E-state index contributed by atoms with van der Waals surface area (Å²) in [5, 5.41) is 0. The van der Waals surface area contributed by atoms with Gasteiger partial charge in [0.1, 0.15) is 0 Å². The lowest BCUT2D eigenvalue weighted by molar-refractivity contribution is 0.589. The summed E-state index contributed by atoms with van der Waals surface area (Å²) in [6.07, 6.45) is 2.46. The molecule has 4 rings (SSSR count). The molecule has 3 aromatic carbocycles. The molecule has 3 aromatic rings. The number of para-hydroxylation sites is 1. The predicted molar refractivity (Wildman–Crippen MR) is 107 cm³/mol. The molecule has 0 amide bonds. The van der Waals surface area contributed by atoms with Gasteiger partial charge in [-0.15, -0.1) is 0 Å². The zero-order valence-electron chi connectivity index (χ0n) is 15.3. The lowest BCUT2D eigenvalue weighted by Crippen LogP contribution is -2.18. The number of anilines is 3. The Morgan fingerprint density at radius 1 is 0.800 bits per heavy atom. The second-order valence-electron chi connectivity index (χ2n) is 7.13. The van der Waals surface area contributed by atoms with Crippen molar-refractivity contribution >= 4 is 17.1 Å². The molecule has 0 saturated carbocycles. The highest BCUT2D eigenvalue weighted by Crippen LogP contribution is 2.42.